The highest BCUT2D eigenvalue weighted by Gasteiger charge is 2.32. The summed E-state index contributed by atoms with van der Waals surface area (Å²) in [5.41, 5.74) is 5.91. The molecule has 0 atom stereocenters. The summed E-state index contributed by atoms with van der Waals surface area (Å²) < 4.78 is 47.5. The van der Waals surface area contributed by atoms with Crippen molar-refractivity contribution in [2.75, 3.05) is 37.7 Å². The van der Waals surface area contributed by atoms with E-state index in [1.165, 1.54) is 13.0 Å². The minimum Gasteiger partial charge on any atom is -0.449 e. The van der Waals surface area contributed by atoms with E-state index in [0.717, 1.165) is 27.8 Å². The second-order valence-electron chi connectivity index (χ2n) is 9.71. The minimum absolute atomic E-state index is 0.0406. The predicted octanol–water partition coefficient (Wildman–Crippen LogP) is 4.81. The molecule has 194 valence electrons. The molecule has 1 fully saturated rings. The van der Waals surface area contributed by atoms with Gasteiger partial charge in [-0.2, -0.15) is 0 Å². The van der Waals surface area contributed by atoms with E-state index in [4.69, 9.17) is 4.74 Å². The number of carbonyl (C=O) groups excluding carboxylic acids is 1. The summed E-state index contributed by atoms with van der Waals surface area (Å²) in [6, 6.07) is 17.3. The number of halogens is 3. The van der Waals surface area contributed by atoms with Gasteiger partial charge < -0.3 is 33.2 Å². The van der Waals surface area contributed by atoms with E-state index in [1.807, 2.05) is 48.2 Å². The van der Waals surface area contributed by atoms with Gasteiger partial charge in [-0.05, 0) is 47.2 Å². The molecular formula is C28H30BF3N3O2-. The Balaban J connectivity index is 1.32. The maximum Gasteiger partial charge on any atom is 0.509 e. The molecular weight excluding hydrogens is 478 g/mol. The molecule has 37 heavy (non-hydrogen) atoms. The van der Waals surface area contributed by atoms with Gasteiger partial charge in [-0.15, -0.1) is 5.46 Å². The van der Waals surface area contributed by atoms with Crippen molar-refractivity contribution in [3.8, 4) is 11.1 Å². The van der Waals surface area contributed by atoms with Crippen LogP contribution in [-0.2, 0) is 11.3 Å². The Labute approximate surface area is 215 Å². The highest BCUT2D eigenvalue weighted by molar-refractivity contribution is 6.74. The molecule has 0 saturated carbocycles. The summed E-state index contributed by atoms with van der Waals surface area (Å²) in [4.78, 5) is 14.7. The van der Waals surface area contributed by atoms with Crippen LogP contribution >= 0.6 is 0 Å². The van der Waals surface area contributed by atoms with E-state index in [2.05, 4.69) is 22.8 Å². The first-order chi connectivity index (χ1) is 17.8. The molecule has 1 aliphatic heterocycles. The minimum atomic E-state index is -5.20. The van der Waals surface area contributed by atoms with Crippen molar-refractivity contribution in [2.45, 2.75) is 26.3 Å². The van der Waals surface area contributed by atoms with Gasteiger partial charge in [-0.25, -0.2) is 4.79 Å². The van der Waals surface area contributed by atoms with Gasteiger partial charge in [-0.3, -0.25) is 0 Å². The third-order valence-corrected chi connectivity index (χ3v) is 7.51. The van der Waals surface area contributed by atoms with E-state index in [1.54, 1.807) is 0 Å². The summed E-state index contributed by atoms with van der Waals surface area (Å²) in [5, 5.41) is 5.93. The zero-order chi connectivity index (χ0) is 26.2. The molecule has 0 radical (unpaired) electrons. The summed E-state index contributed by atoms with van der Waals surface area (Å²) in [7, 11) is 0. The fraction of sp³-hybridized carbons (Fsp3) is 0.321. The normalized spacial score (nSPS) is 15.3. The number of rotatable bonds is 6. The lowest BCUT2D eigenvalue weighted by atomic mass is 9.74. The topological polar surface area (TPSA) is 53.6 Å². The van der Waals surface area contributed by atoms with Crippen LogP contribution in [0.4, 0.5) is 23.4 Å². The zero-order valence-corrected chi connectivity index (χ0v) is 21.0. The van der Waals surface area contributed by atoms with Crippen molar-refractivity contribution in [3.05, 3.63) is 82.4 Å². The van der Waals surface area contributed by atoms with Crippen LogP contribution < -0.4 is 21.0 Å². The lowest BCUT2D eigenvalue weighted by Gasteiger charge is -2.35. The van der Waals surface area contributed by atoms with Crippen molar-refractivity contribution >= 4 is 24.2 Å². The van der Waals surface area contributed by atoms with Crippen LogP contribution in [0.3, 0.4) is 0 Å². The van der Waals surface area contributed by atoms with E-state index < -0.39 is 18.5 Å². The average molecular weight is 508 g/mol. The molecule has 2 aliphatic rings. The molecule has 1 saturated heterocycles. The Morgan fingerprint density at radius 2 is 1.59 bits per heavy atom. The SMILES string of the molecule is Cc1c(CNC(=O)OCC2c3ccccc3-c3ccccc32)cc([B-](F)(F)F)c(C)c1N1CCNCC1. The van der Waals surface area contributed by atoms with Crippen LogP contribution in [0.1, 0.15) is 33.7 Å². The molecule has 0 bridgehead atoms. The number of anilines is 1. The number of nitrogens with zero attached hydrogens (tertiary/aromatic N) is 1. The first-order valence-electron chi connectivity index (χ1n) is 12.6. The standard InChI is InChI=1S/C28H30BF3N3O2/c1-18-20(15-26(29(30,31)32)19(2)27(18)35-13-11-33-12-14-35)16-34-28(36)37-17-25-23-9-5-3-7-21(23)22-8-4-6-10-24(22)25/h3-10,15,25,33H,11-14,16-17H2,1-2H3,(H,34,36)/q-1. The van der Waals surface area contributed by atoms with Crippen molar-refractivity contribution < 1.29 is 22.5 Å². The molecule has 5 nitrogen and oxygen atoms in total. The number of nitrogens with one attached hydrogen (secondary N) is 2. The van der Waals surface area contributed by atoms with E-state index in [-0.39, 0.29) is 24.6 Å². The van der Waals surface area contributed by atoms with Crippen LogP contribution in [0, 0.1) is 13.8 Å². The molecule has 9 heteroatoms. The molecule has 5 rings (SSSR count). The number of hydrogen-bond acceptors (Lipinski definition) is 4. The molecule has 0 spiro atoms. The van der Waals surface area contributed by atoms with Gasteiger partial charge in [0.1, 0.15) is 6.61 Å². The molecule has 0 unspecified atom stereocenters. The molecule has 1 amide bonds. The molecule has 2 N–H and O–H groups in total. The molecule has 3 aromatic carbocycles. The quantitative estimate of drug-likeness (QED) is 0.470. The summed E-state index contributed by atoms with van der Waals surface area (Å²) in [6.07, 6.45) is -0.648. The highest BCUT2D eigenvalue weighted by Crippen LogP contribution is 2.44. The third-order valence-electron chi connectivity index (χ3n) is 7.51. The van der Waals surface area contributed by atoms with Crippen LogP contribution in [0.5, 0.6) is 0 Å². The number of fused-ring (bicyclic) bond motifs is 3. The van der Waals surface area contributed by atoms with Gasteiger partial charge in [0.25, 0.3) is 0 Å². The second-order valence-corrected chi connectivity index (χ2v) is 9.71. The zero-order valence-electron chi connectivity index (χ0n) is 21.0. The Bertz CT molecular complexity index is 1280. The van der Waals surface area contributed by atoms with Crippen molar-refractivity contribution in [1.82, 2.24) is 10.6 Å². The molecule has 1 heterocycles. The van der Waals surface area contributed by atoms with Crippen molar-refractivity contribution in [3.63, 3.8) is 0 Å². The first kappa shape index (κ1) is 25.2. The molecule has 3 aromatic rings. The van der Waals surface area contributed by atoms with E-state index >= 15 is 0 Å². The number of amides is 1. The average Bonchev–Trinajstić information content (AvgIpc) is 3.20. The van der Waals surface area contributed by atoms with Crippen LogP contribution in [-0.4, -0.2) is 45.9 Å². The van der Waals surface area contributed by atoms with Gasteiger partial charge in [0.15, 0.2) is 0 Å². The predicted molar refractivity (Wildman–Crippen MR) is 142 cm³/mol. The second kappa shape index (κ2) is 10.1. The van der Waals surface area contributed by atoms with Crippen molar-refractivity contribution in [2.24, 2.45) is 0 Å². The number of hydrogen-bond donors (Lipinski definition) is 2. The number of alkyl carbamates (subject to hydrolysis) is 1. The maximum absolute atomic E-state index is 14.0. The third kappa shape index (κ3) is 4.92. The largest absolute Gasteiger partial charge is 0.509 e. The monoisotopic (exact) mass is 508 g/mol. The lowest BCUT2D eigenvalue weighted by molar-refractivity contribution is 0.142. The Hall–Kier alpha value is -3.46. The smallest absolute Gasteiger partial charge is 0.449 e. The maximum atomic E-state index is 14.0. The van der Waals surface area contributed by atoms with Crippen LogP contribution in [0.25, 0.3) is 11.1 Å². The molecule has 0 aromatic heterocycles. The number of carbonyl (C=O) groups is 1. The Kier molecular flexibility index (Phi) is 6.90. The Morgan fingerprint density at radius 3 is 2.19 bits per heavy atom. The van der Waals surface area contributed by atoms with Gasteiger partial charge in [0.2, 0.25) is 0 Å². The summed E-state index contributed by atoms with van der Waals surface area (Å²) >= 11 is 0. The van der Waals surface area contributed by atoms with Crippen molar-refractivity contribution in [1.29, 1.82) is 0 Å². The summed E-state index contributed by atoms with van der Waals surface area (Å²) in [6.45, 7) is 0.974. The van der Waals surface area contributed by atoms with Gasteiger partial charge >= 0.3 is 13.1 Å². The molecule has 1 aliphatic carbocycles. The Morgan fingerprint density at radius 1 is 1.00 bits per heavy atom. The fourth-order valence-corrected chi connectivity index (χ4v) is 5.68. The number of benzene rings is 3. The fourth-order valence-electron chi connectivity index (χ4n) is 5.68. The highest BCUT2D eigenvalue weighted by atomic mass is 19.4. The van der Waals surface area contributed by atoms with Gasteiger partial charge in [-0.1, -0.05) is 60.2 Å². The number of piperazine rings is 1. The number of ether oxygens (including phenoxy) is 1. The first-order valence-corrected chi connectivity index (χ1v) is 12.6. The lowest BCUT2D eigenvalue weighted by Crippen LogP contribution is -2.46. The van der Waals surface area contributed by atoms with E-state index in [0.29, 0.717) is 37.4 Å². The van der Waals surface area contributed by atoms with E-state index in [9.17, 15) is 17.7 Å². The summed E-state index contributed by atoms with van der Waals surface area (Å²) in [5.74, 6) is -0.0851. The van der Waals surface area contributed by atoms with Crippen LogP contribution in [0.2, 0.25) is 0 Å². The van der Waals surface area contributed by atoms with Crippen LogP contribution in [0.15, 0.2) is 54.6 Å². The van der Waals surface area contributed by atoms with Gasteiger partial charge in [0.05, 0.1) is 0 Å². The van der Waals surface area contributed by atoms with Gasteiger partial charge in [0, 0.05) is 44.3 Å².